The molecule has 1 fully saturated rings. The average Bonchev–Trinajstić information content (AvgIpc) is 2.52. The van der Waals surface area contributed by atoms with Gasteiger partial charge in [0.05, 0.1) is 5.92 Å². The molecule has 0 aromatic carbocycles. The van der Waals surface area contributed by atoms with E-state index in [-0.39, 0.29) is 18.1 Å². The summed E-state index contributed by atoms with van der Waals surface area (Å²) in [7, 11) is 0. The van der Waals surface area contributed by atoms with E-state index in [1.165, 1.54) is 23.1 Å². The van der Waals surface area contributed by atoms with E-state index >= 15 is 0 Å². The number of carbonyl (C=O) groups excluding carboxylic acids is 1. The fourth-order valence-corrected chi connectivity index (χ4v) is 2.30. The number of carbonyl (C=O) groups is 2. The number of piperidine rings is 1. The maximum atomic E-state index is 12.3. The predicted octanol–water partition coefficient (Wildman–Crippen LogP) is 1.96. The van der Waals surface area contributed by atoms with Gasteiger partial charge in [-0.1, -0.05) is 6.07 Å². The van der Waals surface area contributed by atoms with E-state index in [4.69, 9.17) is 5.11 Å². The molecule has 1 aromatic rings. The lowest BCUT2D eigenvalue weighted by Gasteiger charge is -2.30. The smallest absolute Gasteiger partial charge is 0.422 e. The van der Waals surface area contributed by atoms with Gasteiger partial charge in [-0.3, -0.25) is 9.59 Å². The fourth-order valence-electron chi connectivity index (χ4n) is 2.30. The second kappa shape index (κ2) is 6.84. The molecule has 1 saturated heterocycles. The quantitative estimate of drug-likeness (QED) is 0.912. The van der Waals surface area contributed by atoms with Crippen molar-refractivity contribution in [3.05, 3.63) is 23.9 Å². The molecule has 0 saturated carbocycles. The summed E-state index contributed by atoms with van der Waals surface area (Å²) < 4.78 is 40.9. The van der Waals surface area contributed by atoms with E-state index in [0.29, 0.717) is 19.4 Å². The molecule has 2 heterocycles. The molecule has 1 aromatic heterocycles. The van der Waals surface area contributed by atoms with Crippen LogP contribution < -0.4 is 4.74 Å². The van der Waals surface area contributed by atoms with Gasteiger partial charge in [0.25, 0.3) is 5.91 Å². The number of carboxylic acids is 1. The van der Waals surface area contributed by atoms with Crippen LogP contribution in [-0.2, 0) is 4.79 Å². The van der Waals surface area contributed by atoms with Gasteiger partial charge in [-0.25, -0.2) is 4.98 Å². The standard InChI is InChI=1S/C14H15F3N2O4/c15-14(16,17)8-23-11-5-1-4-10(18-11)12(20)19-6-2-3-9(7-19)13(21)22/h1,4-5,9H,2-3,6-8H2,(H,21,22)/t9-/m0/s1. The molecule has 1 amide bonds. The Balaban J connectivity index is 2.06. The number of aromatic nitrogens is 1. The van der Waals surface area contributed by atoms with Gasteiger partial charge in [0, 0.05) is 19.2 Å². The Bertz CT molecular complexity index is 592. The van der Waals surface area contributed by atoms with Gasteiger partial charge in [-0.15, -0.1) is 0 Å². The summed E-state index contributed by atoms with van der Waals surface area (Å²) in [6.45, 7) is -1.05. The van der Waals surface area contributed by atoms with Crippen molar-refractivity contribution >= 4 is 11.9 Å². The van der Waals surface area contributed by atoms with Crippen molar-refractivity contribution in [1.82, 2.24) is 9.88 Å². The third kappa shape index (κ3) is 4.83. The summed E-state index contributed by atoms with van der Waals surface area (Å²) >= 11 is 0. The van der Waals surface area contributed by atoms with Crippen molar-refractivity contribution < 1.29 is 32.6 Å². The molecule has 1 aliphatic heterocycles. The van der Waals surface area contributed by atoms with Crippen molar-refractivity contribution in [2.75, 3.05) is 19.7 Å². The SMILES string of the molecule is O=C(O)[C@H]1CCCN(C(=O)c2cccc(OCC(F)(F)F)n2)C1. The third-order valence-electron chi connectivity index (χ3n) is 3.38. The Hall–Kier alpha value is -2.32. The lowest BCUT2D eigenvalue weighted by atomic mass is 9.98. The molecule has 0 radical (unpaired) electrons. The number of hydrogen-bond donors (Lipinski definition) is 1. The largest absolute Gasteiger partial charge is 0.481 e. The van der Waals surface area contributed by atoms with Gasteiger partial charge < -0.3 is 14.7 Å². The number of likely N-dealkylation sites (tertiary alicyclic amines) is 1. The molecule has 1 atom stereocenters. The van der Waals surface area contributed by atoms with E-state index in [0.717, 1.165) is 0 Å². The Morgan fingerprint density at radius 1 is 1.39 bits per heavy atom. The van der Waals surface area contributed by atoms with Crippen LogP contribution in [0.3, 0.4) is 0 Å². The first-order chi connectivity index (χ1) is 10.8. The van der Waals surface area contributed by atoms with Crippen LogP contribution in [-0.4, -0.2) is 52.7 Å². The number of aliphatic carboxylic acids is 1. The van der Waals surface area contributed by atoms with Crippen molar-refractivity contribution in [2.45, 2.75) is 19.0 Å². The summed E-state index contributed by atoms with van der Waals surface area (Å²) in [4.78, 5) is 28.4. The van der Waals surface area contributed by atoms with Crippen LogP contribution in [0.1, 0.15) is 23.3 Å². The van der Waals surface area contributed by atoms with E-state index in [1.54, 1.807) is 0 Å². The highest BCUT2D eigenvalue weighted by Crippen LogP contribution is 2.20. The summed E-state index contributed by atoms with van der Waals surface area (Å²) in [5.74, 6) is -2.44. The average molecular weight is 332 g/mol. The van der Waals surface area contributed by atoms with Crippen LogP contribution >= 0.6 is 0 Å². The molecular weight excluding hydrogens is 317 g/mol. The van der Waals surface area contributed by atoms with Gasteiger partial charge >= 0.3 is 12.1 Å². The minimum Gasteiger partial charge on any atom is -0.481 e. The maximum Gasteiger partial charge on any atom is 0.422 e. The van der Waals surface area contributed by atoms with E-state index in [2.05, 4.69) is 9.72 Å². The molecule has 9 heteroatoms. The van der Waals surface area contributed by atoms with Crippen LogP contribution in [0.25, 0.3) is 0 Å². The number of carboxylic acid groups (broad SMARTS) is 1. The number of rotatable bonds is 4. The Morgan fingerprint density at radius 2 is 2.13 bits per heavy atom. The van der Waals surface area contributed by atoms with Gasteiger partial charge in [0.2, 0.25) is 5.88 Å². The van der Waals surface area contributed by atoms with Crippen molar-refractivity contribution in [3.8, 4) is 5.88 Å². The molecule has 2 rings (SSSR count). The van der Waals surface area contributed by atoms with Crippen LogP contribution in [0.2, 0.25) is 0 Å². The van der Waals surface area contributed by atoms with Gasteiger partial charge in [0.1, 0.15) is 5.69 Å². The Morgan fingerprint density at radius 3 is 2.78 bits per heavy atom. The number of pyridine rings is 1. The summed E-state index contributed by atoms with van der Waals surface area (Å²) in [6.07, 6.45) is -3.46. The third-order valence-corrected chi connectivity index (χ3v) is 3.38. The first-order valence-electron chi connectivity index (χ1n) is 6.95. The number of amides is 1. The molecule has 0 aliphatic carbocycles. The van der Waals surface area contributed by atoms with E-state index in [1.807, 2.05) is 0 Å². The monoisotopic (exact) mass is 332 g/mol. The van der Waals surface area contributed by atoms with Crippen LogP contribution in [0.15, 0.2) is 18.2 Å². The number of nitrogens with zero attached hydrogens (tertiary/aromatic N) is 2. The highest BCUT2D eigenvalue weighted by Gasteiger charge is 2.30. The zero-order valence-electron chi connectivity index (χ0n) is 12.0. The molecule has 126 valence electrons. The second-order valence-electron chi connectivity index (χ2n) is 5.19. The number of alkyl halides is 3. The topological polar surface area (TPSA) is 79.7 Å². The maximum absolute atomic E-state index is 12.3. The number of ether oxygens (including phenoxy) is 1. The second-order valence-corrected chi connectivity index (χ2v) is 5.19. The first-order valence-corrected chi connectivity index (χ1v) is 6.95. The minimum absolute atomic E-state index is 0.0590. The molecular formula is C14H15F3N2O4. The molecule has 0 unspecified atom stereocenters. The van der Waals surface area contributed by atoms with Gasteiger partial charge in [-0.05, 0) is 18.9 Å². The van der Waals surface area contributed by atoms with Crippen molar-refractivity contribution in [3.63, 3.8) is 0 Å². The van der Waals surface area contributed by atoms with Gasteiger partial charge in [-0.2, -0.15) is 13.2 Å². The highest BCUT2D eigenvalue weighted by molar-refractivity contribution is 5.92. The van der Waals surface area contributed by atoms with Crippen LogP contribution in [0.4, 0.5) is 13.2 Å². The molecule has 0 spiro atoms. The minimum atomic E-state index is -4.50. The first kappa shape index (κ1) is 17.0. The predicted molar refractivity (Wildman–Crippen MR) is 72.1 cm³/mol. The molecule has 0 bridgehead atoms. The molecule has 1 aliphatic rings. The van der Waals surface area contributed by atoms with E-state index in [9.17, 15) is 22.8 Å². The van der Waals surface area contributed by atoms with Crippen LogP contribution in [0, 0.1) is 5.92 Å². The number of hydrogen-bond acceptors (Lipinski definition) is 4. The molecule has 1 N–H and O–H groups in total. The van der Waals surface area contributed by atoms with Gasteiger partial charge in [0.15, 0.2) is 6.61 Å². The molecule has 6 nitrogen and oxygen atoms in total. The summed E-state index contributed by atoms with van der Waals surface area (Å²) in [6, 6.07) is 3.94. The van der Waals surface area contributed by atoms with Crippen LogP contribution in [0.5, 0.6) is 5.88 Å². The van der Waals surface area contributed by atoms with E-state index < -0.39 is 30.6 Å². The lowest BCUT2D eigenvalue weighted by Crippen LogP contribution is -2.42. The van der Waals surface area contributed by atoms with Crippen molar-refractivity contribution in [1.29, 1.82) is 0 Å². The zero-order chi connectivity index (χ0) is 17.0. The van der Waals surface area contributed by atoms with Crippen molar-refractivity contribution in [2.24, 2.45) is 5.92 Å². The summed E-state index contributed by atoms with van der Waals surface area (Å²) in [5.41, 5.74) is -0.0734. The number of halogens is 3. The fraction of sp³-hybridized carbons (Fsp3) is 0.500. The lowest BCUT2D eigenvalue weighted by molar-refractivity contribution is -0.154. The Kier molecular flexibility index (Phi) is 5.07. The summed E-state index contributed by atoms with van der Waals surface area (Å²) in [5, 5.41) is 9.02. The highest BCUT2D eigenvalue weighted by atomic mass is 19.4. The Labute approximate surface area is 129 Å². The molecule has 23 heavy (non-hydrogen) atoms. The zero-order valence-corrected chi connectivity index (χ0v) is 12.0. The normalized spacial score (nSPS) is 18.6.